The average Bonchev–Trinajstić information content (AvgIpc) is 2.66. The number of nitrogens with one attached hydrogen (secondary N) is 1. The Bertz CT molecular complexity index is 629. The van der Waals surface area contributed by atoms with Crippen LogP contribution < -0.4 is 14.8 Å². The van der Waals surface area contributed by atoms with Gasteiger partial charge in [-0.05, 0) is 26.0 Å². The summed E-state index contributed by atoms with van der Waals surface area (Å²) in [4.78, 5) is 28.5. The van der Waals surface area contributed by atoms with Gasteiger partial charge in [-0.3, -0.25) is 14.5 Å². The normalized spacial score (nSPS) is 21.5. The van der Waals surface area contributed by atoms with Crippen LogP contribution in [-0.4, -0.2) is 73.1 Å². The van der Waals surface area contributed by atoms with Gasteiger partial charge in [-0.2, -0.15) is 0 Å². The highest BCUT2D eigenvalue weighted by Crippen LogP contribution is 2.31. The molecular formula is C18H25N3O4. The summed E-state index contributed by atoms with van der Waals surface area (Å²) in [5.74, 6) is 1.26. The second kappa shape index (κ2) is 7.74. The van der Waals surface area contributed by atoms with E-state index in [-0.39, 0.29) is 24.5 Å². The molecular weight excluding hydrogens is 322 g/mol. The minimum absolute atomic E-state index is 0.0305. The number of likely N-dealkylation sites (N-methyl/N-ethyl adjacent to an activating group) is 1. The van der Waals surface area contributed by atoms with Gasteiger partial charge in [0.15, 0.2) is 11.5 Å². The standard InChI is InChI=1S/C18H25N3O4/c1-3-19-17(22)13(2)20-8-10-21(11-9-20)18(23)16-12-24-14-6-4-5-7-15(14)25-16/h4-7,13,16H,3,8-12H2,1-2H3,(H,19,22)/t13-,16+/m1/s1. The zero-order valence-electron chi connectivity index (χ0n) is 14.7. The lowest BCUT2D eigenvalue weighted by atomic mass is 10.2. The van der Waals surface area contributed by atoms with Crippen LogP contribution in [0.4, 0.5) is 0 Å². The highest BCUT2D eigenvalue weighted by atomic mass is 16.6. The molecule has 0 unspecified atom stereocenters. The van der Waals surface area contributed by atoms with Gasteiger partial charge in [0, 0.05) is 32.7 Å². The van der Waals surface area contributed by atoms with E-state index in [0.29, 0.717) is 44.2 Å². The molecule has 7 nitrogen and oxygen atoms in total. The van der Waals surface area contributed by atoms with Gasteiger partial charge in [-0.1, -0.05) is 12.1 Å². The van der Waals surface area contributed by atoms with Crippen LogP contribution in [0.25, 0.3) is 0 Å². The molecule has 0 spiro atoms. The van der Waals surface area contributed by atoms with Crippen molar-refractivity contribution in [2.24, 2.45) is 0 Å². The second-order valence-electron chi connectivity index (χ2n) is 6.30. The summed E-state index contributed by atoms with van der Waals surface area (Å²) >= 11 is 0. The molecule has 1 N–H and O–H groups in total. The van der Waals surface area contributed by atoms with E-state index in [1.54, 1.807) is 11.0 Å². The number of piperazine rings is 1. The molecule has 3 rings (SSSR count). The van der Waals surface area contributed by atoms with Gasteiger partial charge in [-0.15, -0.1) is 0 Å². The number of amides is 2. The first kappa shape index (κ1) is 17.5. The number of rotatable bonds is 4. The summed E-state index contributed by atoms with van der Waals surface area (Å²) in [6.07, 6.45) is -0.609. The smallest absolute Gasteiger partial charge is 0.267 e. The number of carbonyl (C=O) groups is 2. The zero-order valence-corrected chi connectivity index (χ0v) is 14.7. The van der Waals surface area contributed by atoms with Crippen molar-refractivity contribution in [1.82, 2.24) is 15.1 Å². The third-order valence-corrected chi connectivity index (χ3v) is 4.69. The molecule has 2 aliphatic rings. The minimum atomic E-state index is -0.609. The first-order valence-electron chi connectivity index (χ1n) is 8.79. The number of nitrogens with zero attached hydrogens (tertiary/aromatic N) is 2. The maximum absolute atomic E-state index is 12.7. The molecule has 0 aliphatic carbocycles. The second-order valence-corrected chi connectivity index (χ2v) is 6.30. The highest BCUT2D eigenvalue weighted by molar-refractivity contribution is 5.82. The van der Waals surface area contributed by atoms with Gasteiger partial charge in [0.25, 0.3) is 5.91 Å². The Hall–Kier alpha value is -2.28. The van der Waals surface area contributed by atoms with E-state index in [0.717, 1.165) is 0 Å². The molecule has 0 saturated carbocycles. The molecule has 0 bridgehead atoms. The first-order valence-corrected chi connectivity index (χ1v) is 8.79. The van der Waals surface area contributed by atoms with Crippen LogP contribution in [0.5, 0.6) is 11.5 Å². The summed E-state index contributed by atoms with van der Waals surface area (Å²) in [5.41, 5.74) is 0. The molecule has 1 fully saturated rings. The molecule has 1 aromatic rings. The fourth-order valence-corrected chi connectivity index (χ4v) is 3.16. The maximum Gasteiger partial charge on any atom is 0.267 e. The van der Waals surface area contributed by atoms with Crippen LogP contribution in [0, 0.1) is 0 Å². The maximum atomic E-state index is 12.7. The van der Waals surface area contributed by atoms with Crippen molar-refractivity contribution in [3.8, 4) is 11.5 Å². The van der Waals surface area contributed by atoms with Crippen LogP contribution in [0.2, 0.25) is 0 Å². The molecule has 1 saturated heterocycles. The lowest BCUT2D eigenvalue weighted by Crippen LogP contribution is -2.57. The Morgan fingerprint density at radius 2 is 1.88 bits per heavy atom. The van der Waals surface area contributed by atoms with Crippen molar-refractivity contribution in [3.05, 3.63) is 24.3 Å². The minimum Gasteiger partial charge on any atom is -0.485 e. The molecule has 2 heterocycles. The van der Waals surface area contributed by atoms with E-state index < -0.39 is 6.10 Å². The molecule has 0 radical (unpaired) electrons. The third-order valence-electron chi connectivity index (χ3n) is 4.69. The Balaban J connectivity index is 1.53. The first-order chi connectivity index (χ1) is 12.1. The number of ether oxygens (including phenoxy) is 2. The van der Waals surface area contributed by atoms with E-state index in [1.165, 1.54) is 0 Å². The summed E-state index contributed by atoms with van der Waals surface area (Å²) in [6.45, 7) is 7.19. The predicted molar refractivity (Wildman–Crippen MR) is 92.7 cm³/mol. The molecule has 2 atom stereocenters. The van der Waals surface area contributed by atoms with Crippen LogP contribution in [0.3, 0.4) is 0 Å². The quantitative estimate of drug-likeness (QED) is 0.859. The SMILES string of the molecule is CCNC(=O)[C@@H](C)N1CCN(C(=O)[C@@H]2COc3ccccc3O2)CC1. The Morgan fingerprint density at radius 1 is 1.20 bits per heavy atom. The Labute approximate surface area is 147 Å². The number of fused-ring (bicyclic) bond motifs is 1. The van der Waals surface area contributed by atoms with Crippen molar-refractivity contribution in [2.45, 2.75) is 26.0 Å². The van der Waals surface area contributed by atoms with Gasteiger partial charge >= 0.3 is 0 Å². The number of para-hydroxylation sites is 2. The Kier molecular flexibility index (Phi) is 5.43. The largest absolute Gasteiger partial charge is 0.485 e. The van der Waals surface area contributed by atoms with E-state index in [1.807, 2.05) is 32.0 Å². The summed E-state index contributed by atoms with van der Waals surface area (Å²) in [7, 11) is 0. The van der Waals surface area contributed by atoms with Crippen molar-refractivity contribution in [1.29, 1.82) is 0 Å². The number of hydrogen-bond donors (Lipinski definition) is 1. The van der Waals surface area contributed by atoms with Gasteiger partial charge in [0.05, 0.1) is 6.04 Å². The lowest BCUT2D eigenvalue weighted by Gasteiger charge is -2.39. The molecule has 2 aliphatic heterocycles. The van der Waals surface area contributed by atoms with Crippen LogP contribution in [0.1, 0.15) is 13.8 Å². The van der Waals surface area contributed by atoms with E-state index >= 15 is 0 Å². The van der Waals surface area contributed by atoms with E-state index in [4.69, 9.17) is 9.47 Å². The van der Waals surface area contributed by atoms with Gasteiger partial charge in [0.2, 0.25) is 12.0 Å². The van der Waals surface area contributed by atoms with Crippen molar-refractivity contribution < 1.29 is 19.1 Å². The fraction of sp³-hybridized carbons (Fsp3) is 0.556. The number of benzene rings is 1. The van der Waals surface area contributed by atoms with Crippen LogP contribution >= 0.6 is 0 Å². The third kappa shape index (κ3) is 3.87. The number of carbonyl (C=O) groups excluding carboxylic acids is 2. The molecule has 7 heteroatoms. The predicted octanol–water partition coefficient (Wildman–Crippen LogP) is 0.495. The van der Waals surface area contributed by atoms with Crippen LogP contribution in [-0.2, 0) is 9.59 Å². The van der Waals surface area contributed by atoms with Gasteiger partial charge in [-0.25, -0.2) is 0 Å². The van der Waals surface area contributed by atoms with Crippen LogP contribution in [0.15, 0.2) is 24.3 Å². The fourth-order valence-electron chi connectivity index (χ4n) is 3.16. The van der Waals surface area contributed by atoms with Gasteiger partial charge in [0.1, 0.15) is 6.61 Å². The topological polar surface area (TPSA) is 71.1 Å². The van der Waals surface area contributed by atoms with E-state index in [2.05, 4.69) is 10.2 Å². The zero-order chi connectivity index (χ0) is 17.8. The Morgan fingerprint density at radius 3 is 2.56 bits per heavy atom. The van der Waals surface area contributed by atoms with Gasteiger partial charge < -0.3 is 19.7 Å². The molecule has 136 valence electrons. The number of hydrogen-bond acceptors (Lipinski definition) is 5. The summed E-state index contributed by atoms with van der Waals surface area (Å²) in [5, 5.41) is 2.84. The molecule has 0 aromatic heterocycles. The summed E-state index contributed by atoms with van der Waals surface area (Å²) in [6, 6.07) is 7.19. The molecule has 1 aromatic carbocycles. The lowest BCUT2D eigenvalue weighted by molar-refractivity contribution is -0.143. The average molecular weight is 347 g/mol. The van der Waals surface area contributed by atoms with Crippen molar-refractivity contribution >= 4 is 11.8 Å². The summed E-state index contributed by atoms with van der Waals surface area (Å²) < 4.78 is 11.4. The molecule has 25 heavy (non-hydrogen) atoms. The molecule has 2 amide bonds. The van der Waals surface area contributed by atoms with Crippen molar-refractivity contribution in [3.63, 3.8) is 0 Å². The monoisotopic (exact) mass is 347 g/mol. The highest BCUT2D eigenvalue weighted by Gasteiger charge is 2.34. The van der Waals surface area contributed by atoms with E-state index in [9.17, 15) is 9.59 Å². The van der Waals surface area contributed by atoms with Crippen molar-refractivity contribution in [2.75, 3.05) is 39.3 Å².